The van der Waals surface area contributed by atoms with Gasteiger partial charge in [-0.2, -0.15) is 0 Å². The van der Waals surface area contributed by atoms with Gasteiger partial charge in [-0.15, -0.1) is 0 Å². The summed E-state index contributed by atoms with van der Waals surface area (Å²) in [6.45, 7) is 3.93. The van der Waals surface area contributed by atoms with E-state index in [0.717, 1.165) is 24.6 Å². The van der Waals surface area contributed by atoms with E-state index < -0.39 is 0 Å². The fraction of sp³-hybridized carbons (Fsp3) is 0.571. The van der Waals surface area contributed by atoms with Crippen LogP contribution in [0.4, 0.5) is 0 Å². The van der Waals surface area contributed by atoms with E-state index in [1.165, 1.54) is 31.2 Å². The number of aryl methyl sites for hydroxylation is 1. The zero-order valence-corrected chi connectivity index (χ0v) is 10.00. The Morgan fingerprint density at radius 3 is 2.81 bits per heavy atom. The molecule has 1 aliphatic carbocycles. The third kappa shape index (κ3) is 2.99. The van der Waals surface area contributed by atoms with Gasteiger partial charge in [-0.1, -0.05) is 30.5 Å². The number of hydrogen-bond donors (Lipinski definition) is 2. The molecular weight excluding hydrogens is 198 g/mol. The van der Waals surface area contributed by atoms with Crippen molar-refractivity contribution in [3.05, 3.63) is 29.3 Å². The van der Waals surface area contributed by atoms with E-state index in [4.69, 9.17) is 0 Å². The highest BCUT2D eigenvalue weighted by Crippen LogP contribution is 2.24. The summed E-state index contributed by atoms with van der Waals surface area (Å²) in [7, 11) is 0. The Balaban J connectivity index is 1.82. The van der Waals surface area contributed by atoms with Crippen molar-refractivity contribution < 1.29 is 5.11 Å². The molecule has 2 nitrogen and oxygen atoms in total. The monoisotopic (exact) mass is 219 g/mol. The van der Waals surface area contributed by atoms with Gasteiger partial charge < -0.3 is 10.4 Å². The fourth-order valence-electron chi connectivity index (χ4n) is 2.48. The normalized spacial score (nSPS) is 16.8. The van der Waals surface area contributed by atoms with Gasteiger partial charge in [0.1, 0.15) is 5.75 Å². The molecule has 1 aromatic carbocycles. The molecule has 88 valence electrons. The van der Waals surface area contributed by atoms with Gasteiger partial charge in [-0.3, -0.25) is 0 Å². The first-order valence-electron chi connectivity index (χ1n) is 6.25. The van der Waals surface area contributed by atoms with E-state index in [1.54, 1.807) is 6.07 Å². The Bertz CT molecular complexity index is 343. The molecule has 1 saturated carbocycles. The minimum absolute atomic E-state index is 0.407. The zero-order valence-electron chi connectivity index (χ0n) is 10.00. The topological polar surface area (TPSA) is 32.3 Å². The van der Waals surface area contributed by atoms with Crippen LogP contribution >= 0.6 is 0 Å². The highest BCUT2D eigenvalue weighted by molar-refractivity contribution is 5.35. The van der Waals surface area contributed by atoms with E-state index in [-0.39, 0.29) is 0 Å². The molecule has 2 N–H and O–H groups in total. The molecule has 0 aromatic heterocycles. The van der Waals surface area contributed by atoms with E-state index in [1.807, 2.05) is 6.07 Å². The lowest BCUT2D eigenvalue weighted by Crippen LogP contribution is -2.20. The number of benzene rings is 1. The van der Waals surface area contributed by atoms with Crippen LogP contribution in [0.25, 0.3) is 0 Å². The molecule has 0 amide bonds. The molecule has 16 heavy (non-hydrogen) atoms. The summed E-state index contributed by atoms with van der Waals surface area (Å²) in [6, 6.07) is 5.77. The average molecular weight is 219 g/mol. The van der Waals surface area contributed by atoms with Crippen LogP contribution < -0.4 is 5.32 Å². The van der Waals surface area contributed by atoms with Crippen LogP contribution in [0.1, 0.15) is 36.8 Å². The summed E-state index contributed by atoms with van der Waals surface area (Å²) in [5.41, 5.74) is 2.22. The average Bonchev–Trinajstić information content (AvgIpc) is 2.76. The number of phenolic OH excluding ortho intramolecular Hbond substituents is 1. The van der Waals surface area contributed by atoms with Gasteiger partial charge in [0.05, 0.1) is 0 Å². The van der Waals surface area contributed by atoms with Gasteiger partial charge in [-0.05, 0) is 38.3 Å². The highest BCUT2D eigenvalue weighted by Gasteiger charge is 2.14. The lowest BCUT2D eigenvalue weighted by molar-refractivity contribution is 0.454. The minimum Gasteiger partial charge on any atom is -0.508 e. The Morgan fingerprint density at radius 2 is 2.06 bits per heavy atom. The second-order valence-corrected chi connectivity index (χ2v) is 4.91. The first-order chi connectivity index (χ1) is 7.75. The number of aromatic hydroxyl groups is 1. The number of hydrogen-bond acceptors (Lipinski definition) is 2. The molecule has 2 heteroatoms. The molecule has 0 heterocycles. The summed E-state index contributed by atoms with van der Waals surface area (Å²) in [4.78, 5) is 0. The number of phenols is 1. The van der Waals surface area contributed by atoms with Gasteiger partial charge in [0.2, 0.25) is 0 Å². The van der Waals surface area contributed by atoms with Gasteiger partial charge in [0.25, 0.3) is 0 Å². The quantitative estimate of drug-likeness (QED) is 0.816. The largest absolute Gasteiger partial charge is 0.508 e. The molecule has 0 radical (unpaired) electrons. The molecule has 1 aromatic rings. The first kappa shape index (κ1) is 11.5. The molecule has 0 unspecified atom stereocenters. The lowest BCUT2D eigenvalue weighted by atomic mass is 10.1. The zero-order chi connectivity index (χ0) is 11.4. The Labute approximate surface area is 97.7 Å². The van der Waals surface area contributed by atoms with Gasteiger partial charge in [0, 0.05) is 12.1 Å². The van der Waals surface area contributed by atoms with Gasteiger partial charge >= 0.3 is 0 Å². The van der Waals surface area contributed by atoms with Gasteiger partial charge in [0.15, 0.2) is 0 Å². The Hall–Kier alpha value is -1.02. The summed E-state index contributed by atoms with van der Waals surface area (Å²) < 4.78 is 0. The Morgan fingerprint density at radius 1 is 1.31 bits per heavy atom. The molecular formula is C14H21NO. The van der Waals surface area contributed by atoms with E-state index >= 15 is 0 Å². The van der Waals surface area contributed by atoms with Crippen LogP contribution in [0.5, 0.6) is 5.75 Å². The second-order valence-electron chi connectivity index (χ2n) is 4.91. The minimum atomic E-state index is 0.407. The van der Waals surface area contributed by atoms with E-state index in [2.05, 4.69) is 18.3 Å². The van der Waals surface area contributed by atoms with Crippen molar-refractivity contribution >= 4 is 0 Å². The molecule has 0 atom stereocenters. The molecule has 0 spiro atoms. The van der Waals surface area contributed by atoms with Crippen molar-refractivity contribution in [3.63, 3.8) is 0 Å². The molecule has 1 aliphatic rings. The van der Waals surface area contributed by atoms with Crippen molar-refractivity contribution in [2.24, 2.45) is 5.92 Å². The molecule has 0 aliphatic heterocycles. The molecule has 0 bridgehead atoms. The van der Waals surface area contributed by atoms with Gasteiger partial charge in [-0.25, -0.2) is 0 Å². The predicted octanol–water partition coefficient (Wildman–Crippen LogP) is 2.98. The summed E-state index contributed by atoms with van der Waals surface area (Å²) >= 11 is 0. The summed E-state index contributed by atoms with van der Waals surface area (Å²) in [5.74, 6) is 1.26. The second kappa shape index (κ2) is 5.35. The predicted molar refractivity (Wildman–Crippen MR) is 66.5 cm³/mol. The molecule has 1 fully saturated rings. The number of rotatable bonds is 4. The maximum absolute atomic E-state index is 9.69. The third-order valence-corrected chi connectivity index (χ3v) is 3.46. The smallest absolute Gasteiger partial charge is 0.120 e. The summed E-state index contributed by atoms with van der Waals surface area (Å²) in [5, 5.41) is 13.1. The number of nitrogens with one attached hydrogen (secondary N) is 1. The maximum Gasteiger partial charge on any atom is 0.120 e. The van der Waals surface area contributed by atoms with Crippen molar-refractivity contribution in [2.75, 3.05) is 6.54 Å². The standard InChI is InChI=1S/C14H21NO/c1-11-6-7-14(16)13(8-11)10-15-9-12-4-2-3-5-12/h6-8,12,15-16H,2-5,9-10H2,1H3. The van der Waals surface area contributed by atoms with E-state index in [9.17, 15) is 5.11 Å². The van der Waals surface area contributed by atoms with Crippen molar-refractivity contribution in [2.45, 2.75) is 39.2 Å². The first-order valence-corrected chi connectivity index (χ1v) is 6.25. The molecule has 0 saturated heterocycles. The Kier molecular flexibility index (Phi) is 3.83. The maximum atomic E-state index is 9.69. The third-order valence-electron chi connectivity index (χ3n) is 3.46. The van der Waals surface area contributed by atoms with Crippen LogP contribution in [-0.2, 0) is 6.54 Å². The van der Waals surface area contributed by atoms with Crippen molar-refractivity contribution in [1.29, 1.82) is 0 Å². The highest BCUT2D eigenvalue weighted by atomic mass is 16.3. The SMILES string of the molecule is Cc1ccc(O)c(CNCC2CCCC2)c1. The van der Waals surface area contributed by atoms with Crippen LogP contribution in [0.15, 0.2) is 18.2 Å². The van der Waals surface area contributed by atoms with Crippen LogP contribution in [0.3, 0.4) is 0 Å². The van der Waals surface area contributed by atoms with Crippen LogP contribution in [-0.4, -0.2) is 11.7 Å². The van der Waals surface area contributed by atoms with Crippen molar-refractivity contribution in [1.82, 2.24) is 5.32 Å². The molecule has 2 rings (SSSR count). The lowest BCUT2D eigenvalue weighted by Gasteiger charge is -2.11. The van der Waals surface area contributed by atoms with Crippen molar-refractivity contribution in [3.8, 4) is 5.75 Å². The van der Waals surface area contributed by atoms with E-state index in [0.29, 0.717) is 5.75 Å². The van der Waals surface area contributed by atoms with Crippen LogP contribution in [0, 0.1) is 12.8 Å². The van der Waals surface area contributed by atoms with Crippen LogP contribution in [0.2, 0.25) is 0 Å². The fourth-order valence-corrected chi connectivity index (χ4v) is 2.48. The summed E-state index contributed by atoms with van der Waals surface area (Å²) in [6.07, 6.45) is 5.52.